The second-order valence-electron chi connectivity index (χ2n) is 19.9. The monoisotopic (exact) mass is 1060 g/mol. The van der Waals surface area contributed by atoms with Crippen molar-refractivity contribution in [1.29, 1.82) is 0 Å². The number of piperidine rings is 2. The minimum Gasteiger partial charge on any atom is -1.00 e. The quantitative estimate of drug-likeness (QED) is 0.0697. The predicted octanol–water partition coefficient (Wildman–Crippen LogP) is 3.74. The van der Waals surface area contributed by atoms with E-state index in [0.29, 0.717) is 72.2 Å². The number of anilines is 1. The topological polar surface area (TPSA) is 244 Å². The lowest BCUT2D eigenvalue weighted by Gasteiger charge is -2.33. The molecule has 2 saturated heterocycles. The minimum absolute atomic E-state index is 0. The van der Waals surface area contributed by atoms with Gasteiger partial charge in [0.2, 0.25) is 11.7 Å². The average molecular weight is 1060 g/mol. The SMILES string of the molecule is CC(C)(C)OC(=O)N1CCC(Nc2nccc(-c3c(-c4ccc(F)cc4)nc4occn34)n2)CC1.CC(C)(C)OC(=O)N1CCC([NH+]=C(N)N)CC1.CN(C)C=CC(=O)c1c(-c2ccc(F)cc2)nc2occn12.[Cl-]. The summed E-state index contributed by atoms with van der Waals surface area (Å²) in [6.07, 6.45) is 13.9. The second kappa shape index (κ2) is 24.3. The Kier molecular flexibility index (Phi) is 18.3. The molecule has 0 atom stereocenters. The zero-order chi connectivity index (χ0) is 53.3. The first-order valence-electron chi connectivity index (χ1n) is 24.1. The van der Waals surface area contributed by atoms with Crippen molar-refractivity contribution in [2.45, 2.75) is 90.5 Å². The Morgan fingerprint density at radius 2 is 1.23 bits per heavy atom. The van der Waals surface area contributed by atoms with Gasteiger partial charge >= 0.3 is 29.8 Å². The number of halogens is 3. The number of guanidine groups is 1. The highest BCUT2D eigenvalue weighted by Crippen LogP contribution is 2.33. The lowest BCUT2D eigenvalue weighted by molar-refractivity contribution is -0.509. The van der Waals surface area contributed by atoms with Crippen LogP contribution in [0, 0.1) is 11.6 Å². The number of hydrogen-bond donors (Lipinski definition) is 4. The van der Waals surface area contributed by atoms with E-state index in [-0.39, 0.29) is 60.1 Å². The van der Waals surface area contributed by atoms with E-state index in [0.717, 1.165) is 36.9 Å². The van der Waals surface area contributed by atoms with Crippen LogP contribution in [0.4, 0.5) is 24.3 Å². The zero-order valence-corrected chi connectivity index (χ0v) is 44.0. The van der Waals surface area contributed by atoms with Crippen molar-refractivity contribution in [3.05, 3.63) is 115 Å². The van der Waals surface area contributed by atoms with Crippen molar-refractivity contribution in [3.8, 4) is 33.9 Å². The molecule has 2 amide bonds. The fraction of sp³-hybridized carbons (Fsp3) is 0.385. The van der Waals surface area contributed by atoms with Crippen LogP contribution in [-0.2, 0) is 9.47 Å². The molecule has 7 heterocycles. The molecule has 0 saturated carbocycles. The van der Waals surface area contributed by atoms with Crippen molar-refractivity contribution in [2.24, 2.45) is 11.5 Å². The number of benzene rings is 2. The highest BCUT2D eigenvalue weighted by atomic mass is 35.5. The molecule has 20 nitrogen and oxygen atoms in total. The number of imidazole rings is 2. The maximum absolute atomic E-state index is 13.5. The Balaban J connectivity index is 0.000000197. The molecule has 0 unspecified atom stereocenters. The summed E-state index contributed by atoms with van der Waals surface area (Å²) in [6, 6.07) is 14.2. The van der Waals surface area contributed by atoms with Crippen LogP contribution in [0.25, 0.3) is 45.6 Å². The largest absolute Gasteiger partial charge is 1.00 e. The van der Waals surface area contributed by atoms with Crippen molar-refractivity contribution in [1.82, 2.24) is 43.4 Å². The van der Waals surface area contributed by atoms with Crippen LogP contribution in [0.3, 0.4) is 0 Å². The first-order chi connectivity index (χ1) is 35.1. The molecule has 2 aliphatic rings. The van der Waals surface area contributed by atoms with Crippen LogP contribution >= 0.6 is 0 Å². The molecule has 2 aliphatic heterocycles. The number of allylic oxidation sites excluding steroid dienone is 1. The van der Waals surface area contributed by atoms with Crippen molar-refractivity contribution in [2.75, 3.05) is 45.6 Å². The summed E-state index contributed by atoms with van der Waals surface area (Å²) >= 11 is 0. The number of aromatic nitrogens is 6. The molecule has 0 bridgehead atoms. The van der Waals surface area contributed by atoms with E-state index >= 15 is 0 Å². The number of likely N-dealkylation sites (tertiary alicyclic amines) is 2. The highest BCUT2D eigenvalue weighted by Gasteiger charge is 2.29. The maximum Gasteiger partial charge on any atom is 0.410 e. The molecular formula is C52H64ClF2N13O7. The number of nitrogens with two attached hydrogens (primary N) is 2. The molecule has 0 aliphatic carbocycles. The fourth-order valence-electron chi connectivity index (χ4n) is 8.01. The maximum atomic E-state index is 13.5. The summed E-state index contributed by atoms with van der Waals surface area (Å²) in [5, 5.41) is 3.40. The Morgan fingerprint density at radius 3 is 1.75 bits per heavy atom. The van der Waals surface area contributed by atoms with Crippen LogP contribution in [0.15, 0.2) is 107 Å². The molecular weight excluding hydrogens is 992 g/mol. The highest BCUT2D eigenvalue weighted by molar-refractivity contribution is 6.08. The van der Waals surface area contributed by atoms with Crippen LogP contribution in [0.2, 0.25) is 0 Å². The number of hydrogen-bond acceptors (Lipinski definition) is 13. The third kappa shape index (κ3) is 15.3. The van der Waals surface area contributed by atoms with E-state index in [1.54, 1.807) is 80.5 Å². The molecule has 9 rings (SSSR count). The number of rotatable bonds is 9. The second-order valence-corrected chi connectivity index (χ2v) is 19.9. The third-order valence-electron chi connectivity index (χ3n) is 11.4. The van der Waals surface area contributed by atoms with Crippen LogP contribution in [-0.4, -0.2) is 131 Å². The van der Waals surface area contributed by atoms with Crippen LogP contribution in [0.1, 0.15) is 77.7 Å². The number of fused-ring (bicyclic) bond motifs is 2. The van der Waals surface area contributed by atoms with Gasteiger partial charge in [0.1, 0.15) is 58.1 Å². The smallest absolute Gasteiger partial charge is 0.410 e. The van der Waals surface area contributed by atoms with E-state index in [1.165, 1.54) is 36.6 Å². The molecule has 2 aromatic carbocycles. The molecule has 400 valence electrons. The van der Waals surface area contributed by atoms with Gasteiger partial charge in [-0.3, -0.25) is 30.1 Å². The van der Waals surface area contributed by atoms with Gasteiger partial charge in [-0.25, -0.2) is 28.3 Å². The summed E-state index contributed by atoms with van der Waals surface area (Å²) in [7, 11) is 3.66. The van der Waals surface area contributed by atoms with Crippen molar-refractivity contribution >= 4 is 41.6 Å². The Morgan fingerprint density at radius 1 is 0.733 bits per heavy atom. The minimum atomic E-state index is -0.513. The summed E-state index contributed by atoms with van der Waals surface area (Å²) in [6.45, 7) is 13.7. The molecule has 23 heteroatoms. The fourth-order valence-corrected chi connectivity index (χ4v) is 8.01. The first kappa shape index (κ1) is 56.3. The van der Waals surface area contributed by atoms with E-state index < -0.39 is 11.2 Å². The standard InChI is InChI=1S/C25H27FN6O3.C16H14FN3O2.C11H22N4O2.ClH/c1-25(2,3)35-24(33)31-12-9-18(10-13-31)28-22-27-11-8-19(29-22)21-20(16-4-6-17(26)7-5-16)30-23-32(21)14-15-34-23;1-19(2)8-7-13(21)15-14(11-3-5-12(17)6-4-11)18-16-20(15)9-10-22-16;1-11(2,3)17-10(16)15-6-4-8(5-7-15)14-9(12)13;/h4-8,11,14-15,18H,9-10,12-13H2,1-3H3,(H,27,28,29);3-10H,1-2H3;8H,4-7H2,1-3H3,(H4,12,13,14);1H. The van der Waals surface area contributed by atoms with Crippen LogP contribution < -0.4 is 34.2 Å². The van der Waals surface area contributed by atoms with Crippen LogP contribution in [0.5, 0.6) is 0 Å². The van der Waals surface area contributed by atoms with Gasteiger partial charge in [-0.2, -0.15) is 9.97 Å². The number of ketones is 1. The lowest BCUT2D eigenvalue weighted by Crippen LogP contribution is -3.00. The molecule has 6 N–H and O–H groups in total. The van der Waals surface area contributed by atoms with E-state index in [2.05, 4.69) is 25.3 Å². The molecule has 2 fully saturated rings. The summed E-state index contributed by atoms with van der Waals surface area (Å²) in [4.78, 5) is 62.8. The van der Waals surface area contributed by atoms with Gasteiger partial charge in [0.15, 0.2) is 0 Å². The summed E-state index contributed by atoms with van der Waals surface area (Å²) in [5.41, 5.74) is 14.1. The van der Waals surface area contributed by atoms with Gasteiger partial charge < -0.3 is 50.7 Å². The number of carbonyl (C=O) groups is 3. The van der Waals surface area contributed by atoms with Crippen molar-refractivity contribution in [3.63, 3.8) is 0 Å². The van der Waals surface area contributed by atoms with E-state index in [1.807, 2.05) is 60.0 Å². The lowest BCUT2D eigenvalue weighted by atomic mass is 10.1. The molecule has 5 aromatic heterocycles. The van der Waals surface area contributed by atoms with Gasteiger partial charge in [0.05, 0.1) is 11.7 Å². The number of amides is 2. The van der Waals surface area contributed by atoms with Crippen molar-refractivity contribution < 1.29 is 58.9 Å². The van der Waals surface area contributed by atoms with E-state index in [9.17, 15) is 23.2 Å². The zero-order valence-electron chi connectivity index (χ0n) is 43.2. The average Bonchev–Trinajstić information content (AvgIpc) is 4.14. The Labute approximate surface area is 439 Å². The molecule has 75 heavy (non-hydrogen) atoms. The number of nitrogens with zero attached hydrogens (tertiary/aromatic N) is 9. The molecule has 7 aromatic rings. The Hall–Kier alpha value is -8.01. The number of nitrogens with one attached hydrogen (secondary N) is 2. The predicted molar refractivity (Wildman–Crippen MR) is 274 cm³/mol. The molecule has 0 radical (unpaired) electrons. The Bertz CT molecular complexity index is 3080. The van der Waals surface area contributed by atoms with E-state index in [4.69, 9.17) is 34.8 Å². The number of oxazole rings is 2. The number of carbonyl (C=O) groups excluding carboxylic acids is 3. The van der Waals surface area contributed by atoms with Gasteiger partial charge in [-0.05, 0) is 122 Å². The number of ether oxygens (including phenoxy) is 2. The van der Waals surface area contributed by atoms with Gasteiger partial charge in [0, 0.05) is 88.3 Å². The van der Waals surface area contributed by atoms with Gasteiger partial charge in [0.25, 0.3) is 0 Å². The normalized spacial score (nSPS) is 14.3. The van der Waals surface area contributed by atoms with Gasteiger partial charge in [-0.1, -0.05) is 0 Å². The summed E-state index contributed by atoms with van der Waals surface area (Å²) in [5.74, 6) is 0.601. The van der Waals surface area contributed by atoms with Gasteiger partial charge in [-0.15, -0.1) is 0 Å². The summed E-state index contributed by atoms with van der Waals surface area (Å²) < 4.78 is 51.5. The first-order valence-corrected chi connectivity index (χ1v) is 24.1. The third-order valence-corrected chi connectivity index (χ3v) is 11.4. The molecule has 0 spiro atoms.